The molecule has 1 saturated carbocycles. The summed E-state index contributed by atoms with van der Waals surface area (Å²) >= 11 is 0. The van der Waals surface area contributed by atoms with Gasteiger partial charge in [-0.15, -0.1) is 0 Å². The van der Waals surface area contributed by atoms with E-state index in [0.29, 0.717) is 5.92 Å². The van der Waals surface area contributed by atoms with E-state index in [1.54, 1.807) is 0 Å². The lowest BCUT2D eigenvalue weighted by molar-refractivity contribution is 0.244. The van der Waals surface area contributed by atoms with Crippen molar-refractivity contribution >= 4 is 44.9 Å². The highest BCUT2D eigenvalue weighted by molar-refractivity contribution is 5.91. The van der Waals surface area contributed by atoms with Crippen molar-refractivity contribution in [2.45, 2.75) is 57.3 Å². The van der Waals surface area contributed by atoms with E-state index in [-0.39, 0.29) is 10.8 Å². The van der Waals surface area contributed by atoms with Crippen molar-refractivity contribution in [1.29, 1.82) is 0 Å². The zero-order valence-corrected chi connectivity index (χ0v) is 33.8. The van der Waals surface area contributed by atoms with Crippen LogP contribution in [0.2, 0.25) is 0 Å². The van der Waals surface area contributed by atoms with Crippen LogP contribution < -0.4 is 9.80 Å². The fraction of sp³-hybridized carbons (Fsp3) is 0.179. The number of hydrogen-bond acceptors (Lipinski definition) is 2. The molecule has 2 aliphatic carbocycles. The maximum atomic E-state index is 2.48. The second kappa shape index (κ2) is 14.5. The monoisotopic (exact) mass is 750 g/mol. The molecule has 8 aromatic carbocycles. The number of fused-ring (bicyclic) bond motifs is 4. The zero-order valence-electron chi connectivity index (χ0n) is 33.8. The minimum absolute atomic E-state index is 0.0726. The third kappa shape index (κ3) is 6.02. The molecular weight excluding hydrogens is 701 g/mol. The first-order chi connectivity index (χ1) is 28.4. The van der Waals surface area contributed by atoms with Crippen LogP contribution in [0.1, 0.15) is 68.7 Å². The average molecular weight is 751 g/mol. The predicted octanol–water partition coefficient (Wildman–Crippen LogP) is 15.6. The molecule has 2 heteroatoms. The highest BCUT2D eigenvalue weighted by Crippen LogP contribution is 2.52. The Morgan fingerprint density at radius 3 is 1.53 bits per heavy atom. The Morgan fingerprint density at radius 1 is 0.414 bits per heavy atom. The maximum absolute atomic E-state index is 2.48. The minimum Gasteiger partial charge on any atom is -0.311 e. The Kier molecular flexibility index (Phi) is 9.02. The molecule has 0 saturated heterocycles. The Morgan fingerprint density at radius 2 is 0.897 bits per heavy atom. The van der Waals surface area contributed by atoms with E-state index in [1.807, 2.05) is 0 Å². The first-order valence-electron chi connectivity index (χ1n) is 21.1. The summed E-state index contributed by atoms with van der Waals surface area (Å²) in [5, 5.41) is 2.49. The molecule has 0 aromatic heterocycles. The van der Waals surface area contributed by atoms with Gasteiger partial charge in [-0.05, 0) is 136 Å². The summed E-state index contributed by atoms with van der Waals surface area (Å²) in [6, 6.07) is 72.1. The fourth-order valence-electron chi connectivity index (χ4n) is 10.4. The fourth-order valence-corrected chi connectivity index (χ4v) is 10.4. The van der Waals surface area contributed by atoms with Crippen LogP contribution in [0.25, 0.3) is 21.9 Å². The smallest absolute Gasteiger partial charge is 0.0468 e. The molecule has 0 bridgehead atoms. The summed E-state index contributed by atoms with van der Waals surface area (Å²) < 4.78 is 0. The average Bonchev–Trinajstić information content (AvgIpc) is 3.50. The molecule has 284 valence electrons. The highest BCUT2D eigenvalue weighted by atomic mass is 15.1. The Hall–Kier alpha value is -6.38. The normalized spacial score (nSPS) is 18.0. The molecule has 0 radical (unpaired) electrons. The lowest BCUT2D eigenvalue weighted by Gasteiger charge is -2.44. The minimum atomic E-state index is -0.0842. The summed E-state index contributed by atoms with van der Waals surface area (Å²) in [5.41, 5.74) is 15.1. The quantitative estimate of drug-likeness (QED) is 0.153. The third-order valence-electron chi connectivity index (χ3n) is 13.4. The Labute approximate surface area is 344 Å². The Balaban J connectivity index is 1.06. The van der Waals surface area contributed by atoms with E-state index >= 15 is 0 Å². The number of rotatable bonds is 8. The largest absolute Gasteiger partial charge is 0.311 e. The van der Waals surface area contributed by atoms with Crippen molar-refractivity contribution in [2.24, 2.45) is 5.92 Å². The topological polar surface area (TPSA) is 6.48 Å². The second-order valence-electron chi connectivity index (χ2n) is 17.0. The molecule has 2 nitrogen and oxygen atoms in total. The molecule has 0 spiro atoms. The SMILES string of the molecule is CC1CCCCC1(c1ccc(N(c2ccccc2)c2ccccc2)cc1)c1ccc(N(c2ccc3c(c2)C(C)(C)c2ccccc2-3)c2ccc3ccccc3c2)cc1. The third-order valence-corrected chi connectivity index (χ3v) is 13.4. The van der Waals surface area contributed by atoms with Crippen LogP contribution in [-0.2, 0) is 10.8 Å². The molecule has 0 N–H and O–H groups in total. The number of hydrogen-bond donors (Lipinski definition) is 0. The molecule has 8 aromatic rings. The van der Waals surface area contributed by atoms with Crippen molar-refractivity contribution in [3.63, 3.8) is 0 Å². The summed E-state index contributed by atoms with van der Waals surface area (Å²) in [5.74, 6) is 0.509. The molecule has 10 rings (SSSR count). The van der Waals surface area contributed by atoms with Crippen molar-refractivity contribution in [1.82, 2.24) is 0 Å². The van der Waals surface area contributed by atoms with E-state index < -0.39 is 0 Å². The summed E-state index contributed by atoms with van der Waals surface area (Å²) in [7, 11) is 0. The van der Waals surface area contributed by atoms with Gasteiger partial charge in [0.25, 0.3) is 0 Å². The molecule has 2 unspecified atom stereocenters. The molecule has 0 amide bonds. The molecule has 0 heterocycles. The number of anilines is 6. The van der Waals surface area contributed by atoms with E-state index in [9.17, 15) is 0 Å². The van der Waals surface area contributed by atoms with Gasteiger partial charge >= 0.3 is 0 Å². The Bertz CT molecular complexity index is 2680. The van der Waals surface area contributed by atoms with Gasteiger partial charge in [-0.25, -0.2) is 0 Å². The van der Waals surface area contributed by atoms with Crippen LogP contribution in [-0.4, -0.2) is 0 Å². The molecule has 1 fully saturated rings. The van der Waals surface area contributed by atoms with Gasteiger partial charge in [-0.1, -0.05) is 155 Å². The van der Waals surface area contributed by atoms with Crippen LogP contribution in [0.5, 0.6) is 0 Å². The van der Waals surface area contributed by atoms with Crippen molar-refractivity contribution in [3.05, 3.63) is 216 Å². The highest BCUT2D eigenvalue weighted by Gasteiger charge is 2.41. The maximum Gasteiger partial charge on any atom is 0.0468 e. The van der Waals surface area contributed by atoms with Crippen molar-refractivity contribution in [2.75, 3.05) is 9.80 Å². The number of para-hydroxylation sites is 2. The first kappa shape index (κ1) is 36.0. The number of nitrogens with zero attached hydrogens (tertiary/aromatic N) is 2. The van der Waals surface area contributed by atoms with Crippen LogP contribution >= 0.6 is 0 Å². The van der Waals surface area contributed by atoms with Gasteiger partial charge < -0.3 is 9.80 Å². The van der Waals surface area contributed by atoms with E-state index in [2.05, 4.69) is 225 Å². The van der Waals surface area contributed by atoms with Gasteiger partial charge in [0.15, 0.2) is 0 Å². The van der Waals surface area contributed by atoms with Crippen molar-refractivity contribution in [3.8, 4) is 11.1 Å². The zero-order chi connectivity index (χ0) is 39.3. The lowest BCUT2D eigenvalue weighted by Crippen LogP contribution is -2.37. The lowest BCUT2D eigenvalue weighted by atomic mass is 9.60. The van der Waals surface area contributed by atoms with E-state index in [0.717, 1.165) is 23.5 Å². The van der Waals surface area contributed by atoms with Crippen molar-refractivity contribution < 1.29 is 0 Å². The van der Waals surface area contributed by atoms with Gasteiger partial charge in [0, 0.05) is 45.0 Å². The first-order valence-corrected chi connectivity index (χ1v) is 21.1. The second-order valence-corrected chi connectivity index (χ2v) is 17.0. The van der Waals surface area contributed by atoms with Crippen LogP contribution in [0, 0.1) is 5.92 Å². The van der Waals surface area contributed by atoms with E-state index in [1.165, 1.54) is 80.5 Å². The predicted molar refractivity (Wildman–Crippen MR) is 246 cm³/mol. The van der Waals surface area contributed by atoms with Gasteiger partial charge in [-0.3, -0.25) is 0 Å². The van der Waals surface area contributed by atoms with Gasteiger partial charge in [0.05, 0.1) is 0 Å². The van der Waals surface area contributed by atoms with E-state index in [4.69, 9.17) is 0 Å². The molecular formula is C56H50N2. The van der Waals surface area contributed by atoms with Gasteiger partial charge in [0.2, 0.25) is 0 Å². The van der Waals surface area contributed by atoms with Gasteiger partial charge in [0.1, 0.15) is 0 Å². The molecule has 58 heavy (non-hydrogen) atoms. The van der Waals surface area contributed by atoms with Crippen LogP contribution in [0.3, 0.4) is 0 Å². The van der Waals surface area contributed by atoms with Crippen LogP contribution in [0.15, 0.2) is 194 Å². The molecule has 2 atom stereocenters. The summed E-state index contributed by atoms with van der Waals surface area (Å²) in [6.07, 6.45) is 4.87. The summed E-state index contributed by atoms with van der Waals surface area (Å²) in [6.45, 7) is 7.22. The number of benzene rings is 8. The van der Waals surface area contributed by atoms with Crippen LogP contribution in [0.4, 0.5) is 34.1 Å². The molecule has 2 aliphatic rings. The standard InChI is InChI=1S/C56H50N2/c1-40-16-14-15-37-56(40,43-26-31-47(32-27-43)57(45-19-6-4-7-20-45)46-21-8-5-9-22-46)44-28-33-48(34-29-44)58(49-30-25-41-17-10-11-18-42(41)38-49)50-35-36-52-51-23-12-13-24-53(51)55(2,3)54(52)39-50/h4-13,17-36,38-40H,14-16,37H2,1-3H3. The van der Waals surface area contributed by atoms with Gasteiger partial charge in [-0.2, -0.15) is 0 Å². The summed E-state index contributed by atoms with van der Waals surface area (Å²) in [4.78, 5) is 4.82. The molecule has 0 aliphatic heterocycles.